The molecule has 1 heterocycles. The Morgan fingerprint density at radius 3 is 1.76 bits per heavy atom. The Kier molecular flexibility index (Phi) is 12.6. The lowest BCUT2D eigenvalue weighted by Crippen LogP contribution is -2.59. The number of nitrogens with two attached hydrogens (primary N) is 1. The van der Waals surface area contributed by atoms with Gasteiger partial charge >= 0.3 is 0 Å². The maximum atomic E-state index is 9.85. The SMILES string of the molecule is NCCCCCCCCCCCCO[C@H]1O[C@H](CO)[C@@H](O)[C@H](O)[C@@H]1O. The third-order valence-corrected chi connectivity index (χ3v) is 4.73. The van der Waals surface area contributed by atoms with Crippen molar-refractivity contribution < 1.29 is 29.9 Å². The van der Waals surface area contributed by atoms with Gasteiger partial charge in [0.05, 0.1) is 6.61 Å². The average molecular weight is 363 g/mol. The maximum absolute atomic E-state index is 9.85. The smallest absolute Gasteiger partial charge is 0.186 e. The van der Waals surface area contributed by atoms with Gasteiger partial charge in [-0.15, -0.1) is 0 Å². The Morgan fingerprint density at radius 2 is 1.24 bits per heavy atom. The Bertz CT molecular complexity index is 318. The van der Waals surface area contributed by atoms with Crippen LogP contribution in [0.3, 0.4) is 0 Å². The Morgan fingerprint density at radius 1 is 0.720 bits per heavy atom. The lowest BCUT2D eigenvalue weighted by Gasteiger charge is -2.39. The van der Waals surface area contributed by atoms with E-state index in [1.165, 1.54) is 38.5 Å². The first-order chi connectivity index (χ1) is 12.1. The van der Waals surface area contributed by atoms with Crippen molar-refractivity contribution in [1.29, 1.82) is 0 Å². The zero-order valence-corrected chi connectivity index (χ0v) is 15.3. The molecule has 0 unspecified atom stereocenters. The first-order valence-corrected chi connectivity index (χ1v) is 9.74. The molecule has 1 fully saturated rings. The minimum atomic E-state index is -1.37. The number of aliphatic hydroxyl groups excluding tert-OH is 4. The molecule has 0 radical (unpaired) electrons. The highest BCUT2D eigenvalue weighted by molar-refractivity contribution is 4.88. The van der Waals surface area contributed by atoms with Gasteiger partial charge in [-0.05, 0) is 19.4 Å². The van der Waals surface area contributed by atoms with Crippen LogP contribution >= 0.6 is 0 Å². The predicted molar refractivity (Wildman–Crippen MR) is 94.9 cm³/mol. The predicted octanol–water partition coefficient (Wildman–Crippen LogP) is 0.663. The second-order valence-electron chi connectivity index (χ2n) is 6.89. The summed E-state index contributed by atoms with van der Waals surface area (Å²) in [5, 5.41) is 38.3. The first-order valence-electron chi connectivity index (χ1n) is 9.74. The van der Waals surface area contributed by atoms with E-state index in [2.05, 4.69) is 0 Å². The van der Waals surface area contributed by atoms with E-state index in [9.17, 15) is 15.3 Å². The van der Waals surface area contributed by atoms with Crippen LogP contribution in [0, 0.1) is 0 Å². The molecule has 150 valence electrons. The highest BCUT2D eigenvalue weighted by atomic mass is 16.7. The lowest BCUT2D eigenvalue weighted by atomic mass is 9.99. The summed E-state index contributed by atoms with van der Waals surface area (Å²) < 4.78 is 10.8. The topological polar surface area (TPSA) is 125 Å². The van der Waals surface area contributed by atoms with Crippen LogP contribution in [0.4, 0.5) is 0 Å². The summed E-state index contributed by atoms with van der Waals surface area (Å²) in [6.07, 6.45) is 5.82. The van der Waals surface area contributed by atoms with Crippen molar-refractivity contribution in [1.82, 2.24) is 0 Å². The molecule has 0 saturated carbocycles. The molecule has 5 atom stereocenters. The van der Waals surface area contributed by atoms with Crippen LogP contribution in [0.2, 0.25) is 0 Å². The van der Waals surface area contributed by atoms with Gasteiger partial charge in [-0.25, -0.2) is 0 Å². The van der Waals surface area contributed by atoms with Gasteiger partial charge in [0, 0.05) is 6.61 Å². The number of aliphatic hydroxyl groups is 4. The molecule has 1 rings (SSSR count). The normalized spacial score (nSPS) is 29.9. The first kappa shape index (κ1) is 22.8. The maximum Gasteiger partial charge on any atom is 0.186 e. The molecule has 0 aromatic rings. The van der Waals surface area contributed by atoms with Crippen molar-refractivity contribution in [2.24, 2.45) is 5.73 Å². The van der Waals surface area contributed by atoms with Gasteiger partial charge in [-0.2, -0.15) is 0 Å². The van der Waals surface area contributed by atoms with E-state index >= 15 is 0 Å². The fourth-order valence-corrected chi connectivity index (χ4v) is 3.07. The summed E-state index contributed by atoms with van der Waals surface area (Å²) in [6.45, 7) is 0.782. The summed E-state index contributed by atoms with van der Waals surface area (Å²) >= 11 is 0. The van der Waals surface area contributed by atoms with Gasteiger partial charge in [0.1, 0.15) is 24.4 Å². The number of ether oxygens (including phenoxy) is 2. The highest BCUT2D eigenvalue weighted by Gasteiger charge is 2.43. The Hall–Kier alpha value is -0.280. The molecule has 1 aliphatic heterocycles. The van der Waals surface area contributed by atoms with Crippen LogP contribution in [-0.4, -0.2) is 70.9 Å². The summed E-state index contributed by atoms with van der Waals surface area (Å²) in [6, 6.07) is 0. The Balaban J connectivity index is 1.99. The van der Waals surface area contributed by atoms with E-state index in [0.717, 1.165) is 32.2 Å². The van der Waals surface area contributed by atoms with Crippen LogP contribution in [0.5, 0.6) is 0 Å². The van der Waals surface area contributed by atoms with E-state index in [0.29, 0.717) is 6.61 Å². The minimum absolute atomic E-state index is 0.418. The molecule has 1 saturated heterocycles. The molecular formula is C18H37NO6. The standard InChI is InChI=1S/C18H37NO6/c19-11-9-7-5-3-1-2-4-6-8-10-12-24-18-17(23)16(22)15(21)14(13-20)25-18/h14-18,20-23H,1-13,19H2/t14-,15-,16+,17+,18+/m1/s1. The zero-order chi connectivity index (χ0) is 18.5. The molecule has 6 N–H and O–H groups in total. The average Bonchev–Trinajstić information content (AvgIpc) is 2.62. The molecule has 0 spiro atoms. The molecular weight excluding hydrogens is 326 g/mol. The molecule has 0 aromatic heterocycles. The quantitative estimate of drug-likeness (QED) is 0.287. The van der Waals surface area contributed by atoms with Gasteiger partial charge in [0.25, 0.3) is 0 Å². The third kappa shape index (κ3) is 8.77. The van der Waals surface area contributed by atoms with Gasteiger partial charge < -0.3 is 35.6 Å². The molecule has 0 amide bonds. The highest BCUT2D eigenvalue weighted by Crippen LogP contribution is 2.22. The second-order valence-corrected chi connectivity index (χ2v) is 6.89. The van der Waals surface area contributed by atoms with Crippen LogP contribution in [0.15, 0.2) is 0 Å². The minimum Gasteiger partial charge on any atom is -0.394 e. The number of hydrogen-bond donors (Lipinski definition) is 5. The van der Waals surface area contributed by atoms with E-state index in [1.54, 1.807) is 0 Å². The van der Waals surface area contributed by atoms with Crippen LogP contribution in [0.25, 0.3) is 0 Å². The lowest BCUT2D eigenvalue weighted by molar-refractivity contribution is -0.301. The summed E-state index contributed by atoms with van der Waals surface area (Å²) in [7, 11) is 0. The van der Waals surface area contributed by atoms with E-state index in [4.69, 9.17) is 20.3 Å². The largest absolute Gasteiger partial charge is 0.394 e. The molecule has 7 nitrogen and oxygen atoms in total. The van der Waals surface area contributed by atoms with Crippen LogP contribution in [-0.2, 0) is 9.47 Å². The van der Waals surface area contributed by atoms with Gasteiger partial charge in [0.15, 0.2) is 6.29 Å². The van der Waals surface area contributed by atoms with Crippen molar-refractivity contribution in [3.63, 3.8) is 0 Å². The van der Waals surface area contributed by atoms with Crippen molar-refractivity contribution in [2.45, 2.75) is 94.9 Å². The molecule has 0 aliphatic carbocycles. The molecule has 1 aliphatic rings. The van der Waals surface area contributed by atoms with Gasteiger partial charge in [-0.3, -0.25) is 0 Å². The van der Waals surface area contributed by atoms with Crippen molar-refractivity contribution >= 4 is 0 Å². The molecule has 0 bridgehead atoms. The Labute approximate surface area is 151 Å². The summed E-state index contributed by atoms with van der Waals surface area (Å²) in [4.78, 5) is 0. The number of hydrogen-bond acceptors (Lipinski definition) is 7. The van der Waals surface area contributed by atoms with E-state index in [-0.39, 0.29) is 0 Å². The summed E-state index contributed by atoms with van der Waals surface area (Å²) in [5.41, 5.74) is 5.46. The molecule has 7 heteroatoms. The third-order valence-electron chi connectivity index (χ3n) is 4.73. The second kappa shape index (κ2) is 13.9. The molecule has 25 heavy (non-hydrogen) atoms. The van der Waals surface area contributed by atoms with Crippen molar-refractivity contribution in [2.75, 3.05) is 19.8 Å². The van der Waals surface area contributed by atoms with E-state index in [1.807, 2.05) is 0 Å². The number of rotatable bonds is 14. The van der Waals surface area contributed by atoms with Crippen molar-refractivity contribution in [3.8, 4) is 0 Å². The van der Waals surface area contributed by atoms with Crippen LogP contribution < -0.4 is 5.73 Å². The fourth-order valence-electron chi connectivity index (χ4n) is 3.07. The summed E-state index contributed by atoms with van der Waals surface area (Å²) in [5.74, 6) is 0. The van der Waals surface area contributed by atoms with Gasteiger partial charge in [-0.1, -0.05) is 51.4 Å². The van der Waals surface area contributed by atoms with Gasteiger partial charge in [0.2, 0.25) is 0 Å². The van der Waals surface area contributed by atoms with Crippen LogP contribution in [0.1, 0.15) is 64.2 Å². The van der Waals surface area contributed by atoms with E-state index < -0.39 is 37.3 Å². The zero-order valence-electron chi connectivity index (χ0n) is 15.3. The molecule has 0 aromatic carbocycles. The number of unbranched alkanes of at least 4 members (excludes halogenated alkanes) is 9. The monoisotopic (exact) mass is 363 g/mol. The fraction of sp³-hybridized carbons (Fsp3) is 1.00. The van der Waals surface area contributed by atoms with Crippen molar-refractivity contribution in [3.05, 3.63) is 0 Å².